The number of aliphatic hydroxyl groups excluding tert-OH is 1. The molecule has 76 valence electrons. The summed E-state index contributed by atoms with van der Waals surface area (Å²) in [6.07, 6.45) is 2.88. The number of hydrogen-bond acceptors (Lipinski definition) is 4. The quantitative estimate of drug-likeness (QED) is 0.576. The summed E-state index contributed by atoms with van der Waals surface area (Å²) >= 11 is 0. The molecule has 4 nitrogen and oxygen atoms in total. The van der Waals surface area contributed by atoms with Gasteiger partial charge in [0.1, 0.15) is 6.61 Å². The van der Waals surface area contributed by atoms with Crippen LogP contribution in [-0.2, 0) is 9.53 Å². The van der Waals surface area contributed by atoms with E-state index in [1.54, 1.807) is 6.08 Å². The molecule has 0 aliphatic carbocycles. The molecular formula is C10H13NO3. The van der Waals surface area contributed by atoms with E-state index in [-0.39, 0.29) is 12.4 Å². The maximum absolute atomic E-state index is 11.3. The Bertz CT molecular complexity index is 319. The minimum atomic E-state index is -0.499. The van der Waals surface area contributed by atoms with Gasteiger partial charge in [0.05, 0.1) is 12.7 Å². The summed E-state index contributed by atoms with van der Waals surface area (Å²) in [5.74, 6) is -0.0495. The van der Waals surface area contributed by atoms with Crippen LogP contribution < -0.4 is 0 Å². The first-order chi connectivity index (χ1) is 6.68. The first-order valence-electron chi connectivity index (χ1n) is 4.60. The predicted octanol–water partition coefficient (Wildman–Crippen LogP) is -0.298. The fourth-order valence-corrected chi connectivity index (χ4v) is 1.78. The van der Waals surface area contributed by atoms with Crippen LogP contribution in [0.15, 0.2) is 23.4 Å². The number of β-amino-alcohol motifs (C(OH)–C–C–N with tert-alkyl or cyclic N) is 1. The van der Waals surface area contributed by atoms with Crippen molar-refractivity contribution in [3.8, 4) is 0 Å². The maximum Gasteiger partial charge on any atom is 0.183 e. The van der Waals surface area contributed by atoms with Crippen molar-refractivity contribution in [1.29, 1.82) is 0 Å². The van der Waals surface area contributed by atoms with Crippen LogP contribution >= 0.6 is 0 Å². The highest BCUT2D eigenvalue weighted by molar-refractivity contribution is 5.92. The van der Waals surface area contributed by atoms with E-state index in [9.17, 15) is 9.90 Å². The molecule has 0 amide bonds. The summed E-state index contributed by atoms with van der Waals surface area (Å²) in [6, 6.07) is 0. The summed E-state index contributed by atoms with van der Waals surface area (Å²) in [5.41, 5.74) is 1.63. The Balaban J connectivity index is 2.37. The van der Waals surface area contributed by atoms with E-state index < -0.39 is 6.10 Å². The van der Waals surface area contributed by atoms with Gasteiger partial charge in [-0.2, -0.15) is 0 Å². The Hall–Kier alpha value is -1.13. The first-order valence-corrected chi connectivity index (χ1v) is 4.60. The van der Waals surface area contributed by atoms with E-state index >= 15 is 0 Å². The SMILES string of the molecule is CN1CC(O)C2=C/COCC(=O)/C=C\21. The zero-order valence-corrected chi connectivity index (χ0v) is 8.06. The lowest BCUT2D eigenvalue weighted by Gasteiger charge is -2.13. The van der Waals surface area contributed by atoms with Gasteiger partial charge >= 0.3 is 0 Å². The Morgan fingerprint density at radius 3 is 3.21 bits per heavy atom. The third kappa shape index (κ3) is 1.58. The minimum Gasteiger partial charge on any atom is -0.386 e. The minimum absolute atomic E-state index is 0.0495. The molecule has 1 N–H and O–H groups in total. The molecule has 14 heavy (non-hydrogen) atoms. The molecule has 0 aromatic carbocycles. The van der Waals surface area contributed by atoms with Crippen LogP contribution in [0.1, 0.15) is 0 Å². The van der Waals surface area contributed by atoms with Gasteiger partial charge in [0.25, 0.3) is 0 Å². The Morgan fingerprint density at radius 1 is 1.64 bits per heavy atom. The van der Waals surface area contributed by atoms with Gasteiger partial charge in [0.15, 0.2) is 5.78 Å². The fourth-order valence-electron chi connectivity index (χ4n) is 1.78. The molecule has 0 aromatic heterocycles. The molecule has 4 heteroatoms. The van der Waals surface area contributed by atoms with Crippen molar-refractivity contribution in [2.75, 3.05) is 26.8 Å². The van der Waals surface area contributed by atoms with Crippen molar-refractivity contribution in [3.05, 3.63) is 23.4 Å². The number of ketones is 1. The number of fused-ring (bicyclic) bond motifs is 1. The van der Waals surface area contributed by atoms with E-state index in [0.717, 1.165) is 11.3 Å². The Labute approximate surface area is 82.5 Å². The van der Waals surface area contributed by atoms with Crippen molar-refractivity contribution < 1.29 is 14.6 Å². The molecule has 0 aromatic rings. The van der Waals surface area contributed by atoms with E-state index in [1.165, 1.54) is 0 Å². The molecule has 2 rings (SSSR count). The number of hydrogen-bond donors (Lipinski definition) is 1. The molecule has 1 atom stereocenters. The second kappa shape index (κ2) is 3.55. The molecule has 0 saturated carbocycles. The lowest BCUT2D eigenvalue weighted by molar-refractivity contribution is -0.118. The number of aliphatic hydroxyl groups is 1. The number of ether oxygens (including phenoxy) is 1. The number of carbonyl (C=O) groups excluding carboxylic acids is 1. The van der Waals surface area contributed by atoms with Crippen LogP contribution in [0.5, 0.6) is 0 Å². The van der Waals surface area contributed by atoms with Crippen LogP contribution in [-0.4, -0.2) is 48.7 Å². The van der Waals surface area contributed by atoms with Crippen molar-refractivity contribution in [2.45, 2.75) is 6.10 Å². The zero-order chi connectivity index (χ0) is 10.1. The maximum atomic E-state index is 11.3. The Morgan fingerprint density at radius 2 is 2.43 bits per heavy atom. The molecule has 0 spiro atoms. The lowest BCUT2D eigenvalue weighted by atomic mass is 10.1. The van der Waals surface area contributed by atoms with Gasteiger partial charge in [-0.3, -0.25) is 4.79 Å². The standard InChI is InChI=1S/C10H13NO3/c1-11-5-10(13)8-2-3-14-6-7(12)4-9(8)11/h2,4,10,13H,3,5-6H2,1H3/b8-2+,9-4+. The molecular weight excluding hydrogens is 182 g/mol. The van der Waals surface area contributed by atoms with Crippen LogP contribution in [0, 0.1) is 0 Å². The molecule has 1 fully saturated rings. The highest BCUT2D eigenvalue weighted by Gasteiger charge is 2.28. The lowest BCUT2D eigenvalue weighted by Crippen LogP contribution is -2.16. The highest BCUT2D eigenvalue weighted by atomic mass is 16.5. The molecule has 2 aliphatic heterocycles. The molecule has 2 heterocycles. The van der Waals surface area contributed by atoms with Crippen LogP contribution in [0.3, 0.4) is 0 Å². The van der Waals surface area contributed by atoms with Gasteiger partial charge < -0.3 is 14.7 Å². The second-order valence-corrected chi connectivity index (χ2v) is 3.57. The number of likely N-dealkylation sites (N-methyl/N-ethyl adjacent to an activating group) is 1. The van der Waals surface area contributed by atoms with Crippen molar-refractivity contribution in [1.82, 2.24) is 4.90 Å². The van der Waals surface area contributed by atoms with Gasteiger partial charge in [-0.1, -0.05) is 6.08 Å². The fraction of sp³-hybridized carbons (Fsp3) is 0.500. The van der Waals surface area contributed by atoms with Crippen molar-refractivity contribution in [2.24, 2.45) is 0 Å². The molecule has 2 aliphatic rings. The van der Waals surface area contributed by atoms with E-state index in [4.69, 9.17) is 4.74 Å². The van der Waals surface area contributed by atoms with Crippen molar-refractivity contribution >= 4 is 5.78 Å². The number of rotatable bonds is 0. The molecule has 0 bridgehead atoms. The van der Waals surface area contributed by atoms with E-state index in [2.05, 4.69) is 0 Å². The second-order valence-electron chi connectivity index (χ2n) is 3.57. The van der Waals surface area contributed by atoms with Crippen LogP contribution in [0.25, 0.3) is 0 Å². The third-order valence-electron chi connectivity index (χ3n) is 2.48. The zero-order valence-electron chi connectivity index (χ0n) is 8.06. The summed E-state index contributed by atoms with van der Waals surface area (Å²) in [5, 5.41) is 9.68. The van der Waals surface area contributed by atoms with Crippen LogP contribution in [0.2, 0.25) is 0 Å². The summed E-state index contributed by atoms with van der Waals surface area (Å²) in [6.45, 7) is 1.06. The van der Waals surface area contributed by atoms with E-state index in [1.807, 2.05) is 18.0 Å². The number of carbonyl (C=O) groups is 1. The smallest absolute Gasteiger partial charge is 0.183 e. The monoisotopic (exact) mass is 195 g/mol. The van der Waals surface area contributed by atoms with Crippen molar-refractivity contribution in [3.63, 3.8) is 0 Å². The van der Waals surface area contributed by atoms with Gasteiger partial charge in [-0.25, -0.2) is 0 Å². The topological polar surface area (TPSA) is 49.8 Å². The predicted molar refractivity (Wildman–Crippen MR) is 50.6 cm³/mol. The summed E-state index contributed by atoms with van der Waals surface area (Å²) in [7, 11) is 1.87. The summed E-state index contributed by atoms with van der Waals surface area (Å²) < 4.78 is 5.08. The normalized spacial score (nSPS) is 35.1. The molecule has 1 unspecified atom stereocenters. The van der Waals surface area contributed by atoms with Gasteiger partial charge in [-0.15, -0.1) is 0 Å². The largest absolute Gasteiger partial charge is 0.386 e. The average Bonchev–Trinajstić information content (AvgIpc) is 2.33. The van der Waals surface area contributed by atoms with E-state index in [0.29, 0.717) is 13.2 Å². The van der Waals surface area contributed by atoms with Gasteiger partial charge in [-0.05, 0) is 0 Å². The highest BCUT2D eigenvalue weighted by Crippen LogP contribution is 2.26. The molecule has 1 saturated heterocycles. The molecule has 0 radical (unpaired) electrons. The average molecular weight is 195 g/mol. The van der Waals surface area contributed by atoms with Crippen LogP contribution in [0.4, 0.5) is 0 Å². The number of likely N-dealkylation sites (tertiary alicyclic amines) is 1. The first kappa shape index (κ1) is 9.43. The van der Waals surface area contributed by atoms with Gasteiger partial charge in [0, 0.05) is 30.9 Å². The summed E-state index contributed by atoms with van der Waals surface area (Å²) in [4.78, 5) is 13.2. The number of nitrogens with zero attached hydrogens (tertiary/aromatic N) is 1. The van der Waals surface area contributed by atoms with Gasteiger partial charge in [0.2, 0.25) is 0 Å². The third-order valence-corrected chi connectivity index (χ3v) is 2.48. The Kier molecular flexibility index (Phi) is 2.39.